The third kappa shape index (κ3) is 2.67. The lowest BCUT2D eigenvalue weighted by Crippen LogP contribution is -2.30. The molecule has 2 aromatic rings. The Kier molecular flexibility index (Phi) is 3.98. The van der Waals surface area contributed by atoms with E-state index in [2.05, 4.69) is 49.3 Å². The number of halogens is 2. The van der Waals surface area contributed by atoms with Gasteiger partial charge in [0.1, 0.15) is 0 Å². The summed E-state index contributed by atoms with van der Waals surface area (Å²) >= 11 is 7.25. The maximum Gasteiger partial charge on any atom is 0.335 e. The van der Waals surface area contributed by atoms with Crippen LogP contribution in [0.15, 0.2) is 45.4 Å². The molecule has 2 N–H and O–H groups in total. The Hall–Kier alpha value is -1.99. The molecule has 0 aromatic heterocycles. The minimum atomic E-state index is -0.919. The van der Waals surface area contributed by atoms with Gasteiger partial charge in [0, 0.05) is 14.9 Å². The number of aromatic carboxylic acids is 1. The fourth-order valence-electron chi connectivity index (χ4n) is 4.26. The normalized spacial score (nSPS) is 24.3. The number of ether oxygens (including phenoxy) is 2. The summed E-state index contributed by atoms with van der Waals surface area (Å²) in [6.45, 7) is 0.239. The number of carboxylic acids is 1. The zero-order valence-corrected chi connectivity index (χ0v) is 17.2. The van der Waals surface area contributed by atoms with Gasteiger partial charge in [-0.3, -0.25) is 0 Å². The van der Waals surface area contributed by atoms with Crippen molar-refractivity contribution in [3.8, 4) is 11.5 Å². The zero-order valence-electron chi connectivity index (χ0n) is 14.0. The van der Waals surface area contributed by atoms with Crippen LogP contribution in [0.25, 0.3) is 0 Å². The van der Waals surface area contributed by atoms with E-state index in [9.17, 15) is 9.90 Å². The second-order valence-electron chi connectivity index (χ2n) is 6.93. The molecule has 3 atom stereocenters. The molecule has 0 fully saturated rings. The fraction of sp³-hybridized carbons (Fsp3) is 0.250. The van der Waals surface area contributed by atoms with E-state index in [1.165, 1.54) is 0 Å². The molecule has 138 valence electrons. The van der Waals surface area contributed by atoms with Crippen LogP contribution in [0.4, 0.5) is 5.69 Å². The number of hydrogen-bond donors (Lipinski definition) is 2. The SMILES string of the molecule is O=C(O)c1cc(Br)c2c(c1)C1C=CCC1C(c1cc3c(cc1Br)OCO3)N2. The molecule has 3 aliphatic rings. The van der Waals surface area contributed by atoms with Crippen LogP contribution < -0.4 is 14.8 Å². The summed E-state index contributed by atoms with van der Waals surface area (Å²) < 4.78 is 12.8. The summed E-state index contributed by atoms with van der Waals surface area (Å²) in [7, 11) is 0. The van der Waals surface area contributed by atoms with E-state index < -0.39 is 5.97 Å². The van der Waals surface area contributed by atoms with Gasteiger partial charge in [-0.1, -0.05) is 28.1 Å². The predicted molar refractivity (Wildman–Crippen MR) is 108 cm³/mol. The number of fused-ring (bicyclic) bond motifs is 4. The molecule has 3 unspecified atom stereocenters. The van der Waals surface area contributed by atoms with Gasteiger partial charge in [-0.2, -0.15) is 0 Å². The molecule has 2 heterocycles. The van der Waals surface area contributed by atoms with Crippen molar-refractivity contribution >= 4 is 43.5 Å². The Balaban J connectivity index is 1.63. The highest BCUT2D eigenvalue weighted by Crippen LogP contribution is 2.53. The molecule has 0 saturated heterocycles. The highest BCUT2D eigenvalue weighted by atomic mass is 79.9. The second-order valence-corrected chi connectivity index (χ2v) is 8.64. The van der Waals surface area contributed by atoms with Gasteiger partial charge < -0.3 is 19.9 Å². The molecule has 2 aromatic carbocycles. The standard InChI is InChI=1S/C20H15Br2NO4/c21-14-7-17-16(26-8-27-17)6-13(14)18-11-3-1-2-10(11)12-4-9(20(24)25)5-15(22)19(12)23-18/h1-2,4-7,10-11,18,23H,3,8H2,(H,24,25). The zero-order chi connectivity index (χ0) is 18.7. The van der Waals surface area contributed by atoms with Crippen molar-refractivity contribution in [3.05, 3.63) is 62.1 Å². The van der Waals surface area contributed by atoms with Crippen LogP contribution in [0.5, 0.6) is 11.5 Å². The van der Waals surface area contributed by atoms with Crippen LogP contribution in [0.3, 0.4) is 0 Å². The Bertz CT molecular complexity index is 1000. The van der Waals surface area contributed by atoms with Gasteiger partial charge >= 0.3 is 5.97 Å². The van der Waals surface area contributed by atoms with E-state index in [1.54, 1.807) is 12.1 Å². The first-order chi connectivity index (χ1) is 13.0. The molecule has 5 rings (SSSR count). The Labute approximate surface area is 172 Å². The number of rotatable bonds is 2. The summed E-state index contributed by atoms with van der Waals surface area (Å²) in [6.07, 6.45) is 5.30. The lowest BCUT2D eigenvalue weighted by atomic mass is 9.76. The van der Waals surface area contributed by atoms with Crippen molar-refractivity contribution < 1.29 is 19.4 Å². The number of benzene rings is 2. The Morgan fingerprint density at radius 1 is 1.07 bits per heavy atom. The maximum absolute atomic E-state index is 11.5. The van der Waals surface area contributed by atoms with Crippen molar-refractivity contribution in [3.63, 3.8) is 0 Å². The van der Waals surface area contributed by atoms with Gasteiger partial charge in [-0.05, 0) is 63.7 Å². The number of carboxylic acid groups (broad SMARTS) is 1. The van der Waals surface area contributed by atoms with Crippen molar-refractivity contribution in [2.45, 2.75) is 18.4 Å². The van der Waals surface area contributed by atoms with Crippen LogP contribution >= 0.6 is 31.9 Å². The summed E-state index contributed by atoms with van der Waals surface area (Å²) in [5.41, 5.74) is 3.37. The quantitative estimate of drug-likeness (QED) is 0.544. The van der Waals surface area contributed by atoms with E-state index in [1.807, 2.05) is 12.1 Å². The van der Waals surface area contributed by atoms with E-state index in [0.717, 1.165) is 43.7 Å². The molecule has 0 bridgehead atoms. The molecular weight excluding hydrogens is 478 g/mol. The molecular formula is C20H15Br2NO4. The highest BCUT2D eigenvalue weighted by molar-refractivity contribution is 9.11. The number of allylic oxidation sites excluding steroid dienone is 2. The summed E-state index contributed by atoms with van der Waals surface area (Å²) in [5.74, 6) is 1.04. The highest BCUT2D eigenvalue weighted by Gasteiger charge is 2.40. The first-order valence-corrected chi connectivity index (χ1v) is 10.2. The second kappa shape index (κ2) is 6.27. The monoisotopic (exact) mass is 491 g/mol. The van der Waals surface area contributed by atoms with Gasteiger partial charge in [-0.25, -0.2) is 4.79 Å². The van der Waals surface area contributed by atoms with Gasteiger partial charge in [0.15, 0.2) is 11.5 Å². The van der Waals surface area contributed by atoms with Crippen LogP contribution in [-0.2, 0) is 0 Å². The minimum Gasteiger partial charge on any atom is -0.478 e. The van der Waals surface area contributed by atoms with E-state index in [-0.39, 0.29) is 18.8 Å². The van der Waals surface area contributed by atoms with Crippen molar-refractivity contribution in [1.82, 2.24) is 0 Å². The Morgan fingerprint density at radius 3 is 2.63 bits per heavy atom. The average Bonchev–Trinajstić information content (AvgIpc) is 3.29. The van der Waals surface area contributed by atoms with Crippen LogP contribution in [-0.4, -0.2) is 17.9 Å². The lowest BCUT2D eigenvalue weighted by Gasteiger charge is -2.38. The van der Waals surface area contributed by atoms with Gasteiger partial charge in [0.25, 0.3) is 0 Å². The topological polar surface area (TPSA) is 67.8 Å². The molecule has 0 radical (unpaired) electrons. The molecule has 7 heteroatoms. The lowest BCUT2D eigenvalue weighted by molar-refractivity contribution is 0.0696. The van der Waals surface area contributed by atoms with E-state index in [4.69, 9.17) is 9.47 Å². The fourth-order valence-corrected chi connectivity index (χ4v) is 5.42. The van der Waals surface area contributed by atoms with E-state index in [0.29, 0.717) is 11.5 Å². The molecule has 0 saturated carbocycles. The molecule has 27 heavy (non-hydrogen) atoms. The third-order valence-electron chi connectivity index (χ3n) is 5.49. The maximum atomic E-state index is 11.5. The third-order valence-corrected chi connectivity index (χ3v) is 6.81. The molecule has 5 nitrogen and oxygen atoms in total. The van der Waals surface area contributed by atoms with Gasteiger partial charge in [0.2, 0.25) is 6.79 Å². The molecule has 0 spiro atoms. The minimum absolute atomic E-state index is 0.0633. The van der Waals surface area contributed by atoms with Crippen molar-refractivity contribution in [1.29, 1.82) is 0 Å². The van der Waals surface area contributed by atoms with Crippen LogP contribution in [0, 0.1) is 5.92 Å². The van der Waals surface area contributed by atoms with Crippen LogP contribution in [0.2, 0.25) is 0 Å². The number of hydrogen-bond acceptors (Lipinski definition) is 4. The largest absolute Gasteiger partial charge is 0.478 e. The van der Waals surface area contributed by atoms with Gasteiger partial charge in [0.05, 0.1) is 17.3 Å². The summed E-state index contributed by atoms with van der Waals surface area (Å²) in [6, 6.07) is 7.49. The number of anilines is 1. The first kappa shape index (κ1) is 17.1. The Morgan fingerprint density at radius 2 is 1.85 bits per heavy atom. The summed E-state index contributed by atoms with van der Waals surface area (Å²) in [5, 5.41) is 13.1. The van der Waals surface area contributed by atoms with Crippen molar-refractivity contribution in [2.24, 2.45) is 5.92 Å². The first-order valence-electron chi connectivity index (χ1n) is 8.62. The molecule has 1 aliphatic carbocycles. The van der Waals surface area contributed by atoms with E-state index >= 15 is 0 Å². The van der Waals surface area contributed by atoms with Gasteiger partial charge in [-0.15, -0.1) is 0 Å². The number of carbonyl (C=O) groups is 1. The predicted octanol–water partition coefficient (Wildman–Crippen LogP) is 5.47. The number of nitrogens with one attached hydrogen (secondary N) is 1. The average molecular weight is 493 g/mol. The summed E-state index contributed by atoms with van der Waals surface area (Å²) in [4.78, 5) is 11.5. The smallest absolute Gasteiger partial charge is 0.335 e. The van der Waals surface area contributed by atoms with Crippen molar-refractivity contribution in [2.75, 3.05) is 12.1 Å². The molecule has 0 amide bonds. The molecule has 2 aliphatic heterocycles. The van der Waals surface area contributed by atoms with Crippen LogP contribution in [0.1, 0.15) is 39.9 Å².